The largest absolute Gasteiger partial charge is 0.454 e. The predicted octanol–water partition coefficient (Wildman–Crippen LogP) is 2.22. The molecule has 2 N–H and O–H groups in total. The lowest BCUT2D eigenvalue weighted by atomic mass is 10.2. The van der Waals surface area contributed by atoms with E-state index in [0.29, 0.717) is 28.1 Å². The van der Waals surface area contributed by atoms with Gasteiger partial charge in [-0.25, -0.2) is 0 Å². The highest BCUT2D eigenvalue weighted by molar-refractivity contribution is 9.10. The number of benzene rings is 2. The molecule has 24 heavy (non-hydrogen) atoms. The van der Waals surface area contributed by atoms with Crippen LogP contribution in [0.5, 0.6) is 11.5 Å². The minimum Gasteiger partial charge on any atom is -0.454 e. The molecule has 2 aromatic rings. The van der Waals surface area contributed by atoms with Crippen molar-refractivity contribution in [3.8, 4) is 11.5 Å². The molecular weight excluding hydrogens is 376 g/mol. The molecule has 3 rings (SSSR count). The third kappa shape index (κ3) is 3.86. The van der Waals surface area contributed by atoms with Gasteiger partial charge in [0.25, 0.3) is 5.91 Å². The van der Waals surface area contributed by atoms with Gasteiger partial charge < -0.3 is 20.1 Å². The lowest BCUT2D eigenvalue weighted by molar-refractivity contribution is -0.120. The summed E-state index contributed by atoms with van der Waals surface area (Å²) in [5, 5.41) is 5.34. The van der Waals surface area contributed by atoms with Crippen LogP contribution < -0.4 is 20.1 Å². The molecule has 0 atom stereocenters. The molecule has 1 heterocycles. The van der Waals surface area contributed by atoms with Gasteiger partial charge in [-0.05, 0) is 45.8 Å². The summed E-state index contributed by atoms with van der Waals surface area (Å²) in [6.07, 6.45) is 0. The minimum atomic E-state index is -0.305. The van der Waals surface area contributed by atoms with E-state index >= 15 is 0 Å². The zero-order valence-corrected chi connectivity index (χ0v) is 14.3. The summed E-state index contributed by atoms with van der Waals surface area (Å²) in [5.74, 6) is 0.795. The van der Waals surface area contributed by atoms with Gasteiger partial charge in [0.05, 0.1) is 12.1 Å². The van der Waals surface area contributed by atoms with E-state index in [1.54, 1.807) is 24.3 Å². The van der Waals surface area contributed by atoms with Crippen molar-refractivity contribution in [1.82, 2.24) is 10.6 Å². The van der Waals surface area contributed by atoms with Crippen LogP contribution >= 0.6 is 15.9 Å². The number of carbonyl (C=O) groups excluding carboxylic acids is 2. The van der Waals surface area contributed by atoms with Crippen molar-refractivity contribution in [1.29, 1.82) is 0 Å². The molecule has 0 aromatic heterocycles. The van der Waals surface area contributed by atoms with Crippen LogP contribution in [0, 0.1) is 0 Å². The lowest BCUT2D eigenvalue weighted by Crippen LogP contribution is -2.36. The Hall–Kier alpha value is -2.54. The Labute approximate surface area is 147 Å². The fourth-order valence-corrected chi connectivity index (χ4v) is 2.68. The van der Waals surface area contributed by atoms with Crippen LogP contribution in [-0.4, -0.2) is 25.2 Å². The monoisotopic (exact) mass is 390 g/mol. The van der Waals surface area contributed by atoms with Crippen molar-refractivity contribution < 1.29 is 19.1 Å². The van der Waals surface area contributed by atoms with Gasteiger partial charge >= 0.3 is 0 Å². The number of nitrogens with one attached hydrogen (secondary N) is 2. The van der Waals surface area contributed by atoms with Gasteiger partial charge in [0.15, 0.2) is 11.5 Å². The zero-order chi connectivity index (χ0) is 16.9. The Bertz CT molecular complexity index is 779. The van der Waals surface area contributed by atoms with Gasteiger partial charge in [-0.1, -0.05) is 18.2 Å². The molecule has 0 bridgehead atoms. The van der Waals surface area contributed by atoms with E-state index in [-0.39, 0.29) is 25.2 Å². The number of rotatable bonds is 5. The number of hydrogen-bond donors (Lipinski definition) is 2. The average molecular weight is 391 g/mol. The molecule has 2 amide bonds. The molecular formula is C17H15BrN2O4. The Balaban J connectivity index is 1.48. The van der Waals surface area contributed by atoms with Crippen LogP contribution in [0.2, 0.25) is 0 Å². The summed E-state index contributed by atoms with van der Waals surface area (Å²) < 4.78 is 11.2. The first-order valence-electron chi connectivity index (χ1n) is 7.31. The molecule has 0 saturated carbocycles. The van der Waals surface area contributed by atoms with Crippen molar-refractivity contribution >= 4 is 27.7 Å². The van der Waals surface area contributed by atoms with Gasteiger partial charge in [0.1, 0.15) is 0 Å². The topological polar surface area (TPSA) is 76.7 Å². The quantitative estimate of drug-likeness (QED) is 0.820. The molecule has 0 aliphatic carbocycles. The number of fused-ring (bicyclic) bond motifs is 1. The highest BCUT2D eigenvalue weighted by Crippen LogP contribution is 2.32. The molecule has 6 nitrogen and oxygen atoms in total. The minimum absolute atomic E-state index is 0.0925. The van der Waals surface area contributed by atoms with E-state index in [1.807, 2.05) is 18.2 Å². The predicted molar refractivity (Wildman–Crippen MR) is 90.9 cm³/mol. The second-order valence-electron chi connectivity index (χ2n) is 5.13. The summed E-state index contributed by atoms with van der Waals surface area (Å²) in [7, 11) is 0. The van der Waals surface area contributed by atoms with E-state index in [2.05, 4.69) is 26.6 Å². The molecule has 7 heteroatoms. The second-order valence-corrected chi connectivity index (χ2v) is 5.98. The van der Waals surface area contributed by atoms with E-state index in [9.17, 15) is 9.59 Å². The van der Waals surface area contributed by atoms with Gasteiger partial charge in [0.2, 0.25) is 12.7 Å². The average Bonchev–Trinajstić information content (AvgIpc) is 3.06. The van der Waals surface area contributed by atoms with Crippen molar-refractivity contribution in [2.45, 2.75) is 6.54 Å². The van der Waals surface area contributed by atoms with E-state index in [4.69, 9.17) is 9.47 Å². The summed E-state index contributed by atoms with van der Waals surface area (Å²) in [4.78, 5) is 23.9. The number of ether oxygens (including phenoxy) is 2. The number of hydrogen-bond acceptors (Lipinski definition) is 4. The molecule has 1 aliphatic heterocycles. The van der Waals surface area contributed by atoms with E-state index < -0.39 is 0 Å². The molecule has 124 valence electrons. The molecule has 0 fully saturated rings. The molecule has 0 radical (unpaired) electrons. The van der Waals surface area contributed by atoms with Crippen molar-refractivity contribution in [2.24, 2.45) is 0 Å². The molecule has 0 saturated heterocycles. The SMILES string of the molecule is O=C(CNC(=O)c1ccccc1Br)NCc1ccc2c(c1)OCO2. The standard InChI is InChI=1S/C17H15BrN2O4/c18-13-4-2-1-3-12(13)17(22)20-9-16(21)19-8-11-5-6-14-15(7-11)24-10-23-14/h1-7H,8-10H2,(H,19,21)(H,20,22). The molecule has 2 aromatic carbocycles. The molecule has 1 aliphatic rings. The van der Waals surface area contributed by atoms with Crippen molar-refractivity contribution in [3.63, 3.8) is 0 Å². The highest BCUT2D eigenvalue weighted by Gasteiger charge is 2.14. The third-order valence-corrected chi connectivity index (χ3v) is 4.15. The molecule has 0 spiro atoms. The normalized spacial score (nSPS) is 11.9. The zero-order valence-electron chi connectivity index (χ0n) is 12.7. The maximum atomic E-state index is 12.0. The van der Waals surface area contributed by atoms with Crippen LogP contribution in [0.25, 0.3) is 0 Å². The van der Waals surface area contributed by atoms with Crippen LogP contribution in [-0.2, 0) is 11.3 Å². The van der Waals surface area contributed by atoms with Gasteiger partial charge in [-0.15, -0.1) is 0 Å². The summed E-state index contributed by atoms with van der Waals surface area (Å²) >= 11 is 3.31. The molecule has 0 unspecified atom stereocenters. The second kappa shape index (κ2) is 7.35. The Morgan fingerprint density at radius 1 is 1.04 bits per heavy atom. The first kappa shape index (κ1) is 16.3. The fourth-order valence-electron chi connectivity index (χ4n) is 2.22. The first-order valence-corrected chi connectivity index (χ1v) is 8.11. The van der Waals surface area contributed by atoms with Crippen molar-refractivity contribution in [2.75, 3.05) is 13.3 Å². The summed E-state index contributed by atoms with van der Waals surface area (Å²) in [5.41, 5.74) is 1.38. The highest BCUT2D eigenvalue weighted by atomic mass is 79.9. The smallest absolute Gasteiger partial charge is 0.252 e. The summed E-state index contributed by atoms with van der Waals surface area (Å²) in [6, 6.07) is 12.5. The van der Waals surface area contributed by atoms with Crippen LogP contribution in [0.4, 0.5) is 0 Å². The van der Waals surface area contributed by atoms with E-state index in [0.717, 1.165) is 5.56 Å². The maximum Gasteiger partial charge on any atom is 0.252 e. The third-order valence-electron chi connectivity index (χ3n) is 3.45. The van der Waals surface area contributed by atoms with Gasteiger partial charge in [0, 0.05) is 11.0 Å². The summed E-state index contributed by atoms with van der Waals surface area (Å²) in [6.45, 7) is 0.470. The van der Waals surface area contributed by atoms with Crippen LogP contribution in [0.15, 0.2) is 46.9 Å². The van der Waals surface area contributed by atoms with Gasteiger partial charge in [-0.2, -0.15) is 0 Å². The van der Waals surface area contributed by atoms with Gasteiger partial charge in [-0.3, -0.25) is 9.59 Å². The number of amides is 2. The van der Waals surface area contributed by atoms with Crippen LogP contribution in [0.1, 0.15) is 15.9 Å². The Morgan fingerprint density at radius 3 is 2.67 bits per heavy atom. The lowest BCUT2D eigenvalue weighted by Gasteiger charge is -2.08. The fraction of sp³-hybridized carbons (Fsp3) is 0.176. The Morgan fingerprint density at radius 2 is 1.83 bits per heavy atom. The van der Waals surface area contributed by atoms with Crippen molar-refractivity contribution in [3.05, 3.63) is 58.1 Å². The number of carbonyl (C=O) groups is 2. The Kier molecular flexibility index (Phi) is 5.00. The van der Waals surface area contributed by atoms with Crippen LogP contribution in [0.3, 0.4) is 0 Å². The first-order chi connectivity index (χ1) is 11.6. The van der Waals surface area contributed by atoms with E-state index in [1.165, 1.54) is 0 Å². The maximum absolute atomic E-state index is 12.0. The number of halogens is 1.